The molecule has 5 nitrogen and oxygen atoms in total. The van der Waals surface area contributed by atoms with Crippen molar-refractivity contribution >= 4 is 15.9 Å². The minimum Gasteiger partial charge on any atom is -0.338 e. The molecule has 2 aliphatic rings. The normalized spacial score (nSPS) is 26.2. The molecule has 2 saturated heterocycles. The largest absolute Gasteiger partial charge is 0.338 e. The fourth-order valence-electron chi connectivity index (χ4n) is 3.73. The van der Waals surface area contributed by atoms with E-state index in [2.05, 4.69) is 0 Å². The molecule has 120 valence electrons. The molecule has 0 unspecified atom stereocenters. The number of benzene rings is 1. The Labute approximate surface area is 132 Å². The van der Waals surface area contributed by atoms with Gasteiger partial charge in [-0.15, -0.1) is 0 Å². The fraction of sp³-hybridized carbons (Fsp3) is 0.562. The van der Waals surface area contributed by atoms with E-state index >= 15 is 0 Å². The lowest BCUT2D eigenvalue weighted by atomic mass is 9.97. The van der Waals surface area contributed by atoms with Gasteiger partial charge in [0.2, 0.25) is 15.9 Å². The van der Waals surface area contributed by atoms with Crippen LogP contribution in [0.3, 0.4) is 0 Å². The molecule has 2 fully saturated rings. The molecular weight excluding hydrogens is 300 g/mol. The van der Waals surface area contributed by atoms with E-state index in [-0.39, 0.29) is 23.7 Å². The number of carbonyl (C=O) groups excluding carboxylic acids is 1. The maximum absolute atomic E-state index is 12.8. The van der Waals surface area contributed by atoms with E-state index in [1.807, 2.05) is 42.2 Å². The van der Waals surface area contributed by atoms with Gasteiger partial charge in [-0.25, -0.2) is 8.42 Å². The molecule has 0 saturated carbocycles. The average Bonchev–Trinajstić information content (AvgIpc) is 2.92. The van der Waals surface area contributed by atoms with E-state index in [0.29, 0.717) is 25.9 Å². The maximum Gasteiger partial charge on any atom is 0.222 e. The summed E-state index contributed by atoms with van der Waals surface area (Å²) in [5.41, 5.74) is 0.810. The minimum atomic E-state index is -3.34. The third-order valence-corrected chi connectivity index (χ3v) is 6.59. The van der Waals surface area contributed by atoms with Crippen LogP contribution in [0.1, 0.15) is 31.7 Å². The second kappa shape index (κ2) is 6.01. The van der Waals surface area contributed by atoms with E-state index in [4.69, 9.17) is 0 Å². The van der Waals surface area contributed by atoms with Crippen LogP contribution in [-0.2, 0) is 20.6 Å². The molecule has 0 bridgehead atoms. The molecule has 0 radical (unpaired) electrons. The van der Waals surface area contributed by atoms with Gasteiger partial charge < -0.3 is 4.90 Å². The monoisotopic (exact) mass is 322 g/mol. The van der Waals surface area contributed by atoms with Crippen LogP contribution in [0.15, 0.2) is 30.3 Å². The van der Waals surface area contributed by atoms with Crippen LogP contribution < -0.4 is 0 Å². The Morgan fingerprint density at radius 3 is 2.55 bits per heavy atom. The van der Waals surface area contributed by atoms with Crippen LogP contribution in [0.4, 0.5) is 0 Å². The maximum atomic E-state index is 12.8. The molecule has 0 spiro atoms. The lowest BCUT2D eigenvalue weighted by Crippen LogP contribution is -2.53. The van der Waals surface area contributed by atoms with E-state index < -0.39 is 10.0 Å². The number of hydrogen-bond acceptors (Lipinski definition) is 3. The van der Waals surface area contributed by atoms with Crippen LogP contribution in [0.2, 0.25) is 0 Å². The van der Waals surface area contributed by atoms with Gasteiger partial charge >= 0.3 is 0 Å². The van der Waals surface area contributed by atoms with Gasteiger partial charge in [0.1, 0.15) is 0 Å². The first-order valence-corrected chi connectivity index (χ1v) is 9.47. The topological polar surface area (TPSA) is 57.7 Å². The van der Waals surface area contributed by atoms with E-state index in [9.17, 15) is 13.2 Å². The smallest absolute Gasteiger partial charge is 0.222 e. The predicted molar refractivity (Wildman–Crippen MR) is 84.6 cm³/mol. The van der Waals surface area contributed by atoms with Gasteiger partial charge in [0.25, 0.3) is 0 Å². The Balaban J connectivity index is 1.79. The summed E-state index contributed by atoms with van der Waals surface area (Å²) in [5, 5.41) is 0. The van der Waals surface area contributed by atoms with Gasteiger partial charge in [-0.05, 0) is 25.3 Å². The van der Waals surface area contributed by atoms with Crippen molar-refractivity contribution in [2.45, 2.75) is 44.0 Å². The van der Waals surface area contributed by atoms with Crippen molar-refractivity contribution in [1.82, 2.24) is 9.21 Å². The minimum absolute atomic E-state index is 0.0388. The second-order valence-electron chi connectivity index (χ2n) is 5.99. The van der Waals surface area contributed by atoms with Crippen molar-refractivity contribution in [3.63, 3.8) is 0 Å². The Hall–Kier alpha value is -1.40. The Morgan fingerprint density at radius 1 is 1.14 bits per heavy atom. The second-order valence-corrected chi connectivity index (χ2v) is 7.92. The van der Waals surface area contributed by atoms with Crippen LogP contribution in [-0.4, -0.2) is 48.7 Å². The van der Waals surface area contributed by atoms with Crippen LogP contribution in [0.25, 0.3) is 0 Å². The van der Waals surface area contributed by atoms with Crippen LogP contribution in [0, 0.1) is 0 Å². The quantitative estimate of drug-likeness (QED) is 0.846. The van der Waals surface area contributed by atoms with Gasteiger partial charge in [-0.3, -0.25) is 4.79 Å². The molecule has 22 heavy (non-hydrogen) atoms. The van der Waals surface area contributed by atoms with Gasteiger partial charge in [-0.1, -0.05) is 30.3 Å². The van der Waals surface area contributed by atoms with Crippen molar-refractivity contribution < 1.29 is 13.2 Å². The highest BCUT2D eigenvalue weighted by atomic mass is 32.2. The lowest BCUT2D eigenvalue weighted by molar-refractivity contribution is -0.136. The number of sulfonamides is 1. The number of hydrogen-bond donors (Lipinski definition) is 0. The Kier molecular flexibility index (Phi) is 4.23. The number of fused-ring (bicyclic) bond motifs is 1. The summed E-state index contributed by atoms with van der Waals surface area (Å²) < 4.78 is 27.2. The van der Waals surface area contributed by atoms with Gasteiger partial charge in [0.05, 0.1) is 5.75 Å². The third-order valence-electron chi connectivity index (χ3n) is 4.72. The van der Waals surface area contributed by atoms with Gasteiger partial charge in [-0.2, -0.15) is 4.31 Å². The van der Waals surface area contributed by atoms with E-state index in [1.165, 1.54) is 0 Å². The number of likely N-dealkylation sites (N-methyl/N-ethyl adjacent to an activating group) is 1. The molecule has 1 aromatic carbocycles. The number of likely N-dealkylation sites (tertiary alicyclic amines) is 1. The zero-order valence-electron chi connectivity index (χ0n) is 12.8. The number of piperidine rings is 1. The SMILES string of the molecule is CCN1C(=O)CC[C@@H]2[C@H]1CCN2S(=O)(=O)Cc1ccccc1. The molecule has 2 atom stereocenters. The highest BCUT2D eigenvalue weighted by molar-refractivity contribution is 7.88. The van der Waals surface area contributed by atoms with Crippen molar-refractivity contribution in [3.05, 3.63) is 35.9 Å². The summed E-state index contributed by atoms with van der Waals surface area (Å²) in [5.74, 6) is 0.197. The first kappa shape index (κ1) is 15.5. The summed E-state index contributed by atoms with van der Waals surface area (Å²) in [6, 6.07) is 9.28. The van der Waals surface area contributed by atoms with E-state index in [1.54, 1.807) is 4.31 Å². The van der Waals surface area contributed by atoms with Gasteiger partial charge in [0, 0.05) is 31.6 Å². The molecule has 2 aliphatic heterocycles. The molecule has 0 aromatic heterocycles. The molecule has 2 heterocycles. The molecule has 6 heteroatoms. The molecular formula is C16H22N2O3S. The number of carbonyl (C=O) groups is 1. The van der Waals surface area contributed by atoms with Crippen LogP contribution in [0.5, 0.6) is 0 Å². The molecule has 0 N–H and O–H groups in total. The van der Waals surface area contributed by atoms with Crippen LogP contribution >= 0.6 is 0 Å². The highest BCUT2D eigenvalue weighted by Gasteiger charge is 2.46. The molecule has 1 amide bonds. The third kappa shape index (κ3) is 2.77. The predicted octanol–water partition coefficient (Wildman–Crippen LogP) is 1.60. The fourth-order valence-corrected chi connectivity index (χ4v) is 5.56. The average molecular weight is 322 g/mol. The molecule has 0 aliphatic carbocycles. The van der Waals surface area contributed by atoms with Crippen molar-refractivity contribution in [2.24, 2.45) is 0 Å². The highest BCUT2D eigenvalue weighted by Crippen LogP contribution is 2.33. The van der Waals surface area contributed by atoms with Crippen molar-refractivity contribution in [1.29, 1.82) is 0 Å². The molecule has 3 rings (SSSR count). The first-order chi connectivity index (χ1) is 10.5. The summed E-state index contributed by atoms with van der Waals surface area (Å²) in [6.45, 7) is 3.14. The van der Waals surface area contributed by atoms with Gasteiger partial charge in [0.15, 0.2) is 0 Å². The summed E-state index contributed by atoms with van der Waals surface area (Å²) >= 11 is 0. The van der Waals surface area contributed by atoms with E-state index in [0.717, 1.165) is 12.0 Å². The standard InChI is InChI=1S/C16H22N2O3S/c1-2-17-14-10-11-18(15(14)8-9-16(17)19)22(20,21)12-13-6-4-3-5-7-13/h3-7,14-15H,2,8-12H2,1H3/t14-,15-/m1/s1. The number of amides is 1. The number of nitrogens with zero attached hydrogens (tertiary/aromatic N) is 2. The summed E-state index contributed by atoms with van der Waals surface area (Å²) in [4.78, 5) is 13.8. The zero-order chi connectivity index (χ0) is 15.7. The Bertz CT molecular complexity index is 645. The first-order valence-electron chi connectivity index (χ1n) is 7.86. The summed E-state index contributed by atoms with van der Waals surface area (Å²) in [7, 11) is -3.34. The Morgan fingerprint density at radius 2 is 1.86 bits per heavy atom. The van der Waals surface area contributed by atoms with Crippen molar-refractivity contribution in [3.8, 4) is 0 Å². The number of rotatable bonds is 4. The lowest BCUT2D eigenvalue weighted by Gasteiger charge is -2.38. The summed E-state index contributed by atoms with van der Waals surface area (Å²) in [6.07, 6.45) is 1.85. The van der Waals surface area contributed by atoms with Crippen molar-refractivity contribution in [2.75, 3.05) is 13.1 Å². The molecule has 1 aromatic rings. The zero-order valence-corrected chi connectivity index (χ0v) is 13.6.